The van der Waals surface area contributed by atoms with Gasteiger partial charge in [0.25, 0.3) is 11.8 Å². The number of nitrogens with one attached hydrogen (secondary N) is 1. The Morgan fingerprint density at radius 2 is 1.66 bits per heavy atom. The molecule has 7 nitrogen and oxygen atoms in total. The van der Waals surface area contributed by atoms with E-state index in [9.17, 15) is 18.8 Å². The highest BCUT2D eigenvalue weighted by Crippen LogP contribution is 2.27. The molecule has 2 fully saturated rings. The largest absolute Gasteiger partial charge is 0.378 e. The number of carbonyl (C=O) groups excluding carboxylic acids is 3. The summed E-state index contributed by atoms with van der Waals surface area (Å²) < 4.78 is 18.6. The van der Waals surface area contributed by atoms with Gasteiger partial charge in [0.2, 0.25) is 0 Å². The summed E-state index contributed by atoms with van der Waals surface area (Å²) >= 11 is 0. The Bertz CT molecular complexity index is 997. The second kappa shape index (κ2) is 7.84. The van der Waals surface area contributed by atoms with Gasteiger partial charge in [-0.05, 0) is 42.0 Å². The molecule has 1 N–H and O–H groups in total. The number of urea groups is 1. The van der Waals surface area contributed by atoms with E-state index in [0.717, 1.165) is 22.7 Å². The second-order valence-electron chi connectivity index (χ2n) is 6.59. The molecular weight excluding hydrogens is 377 g/mol. The summed E-state index contributed by atoms with van der Waals surface area (Å²) in [6, 6.07) is 11.4. The van der Waals surface area contributed by atoms with Crippen molar-refractivity contribution in [1.29, 1.82) is 0 Å². The van der Waals surface area contributed by atoms with Crippen molar-refractivity contribution < 1.29 is 23.5 Å². The van der Waals surface area contributed by atoms with Crippen molar-refractivity contribution in [2.24, 2.45) is 0 Å². The van der Waals surface area contributed by atoms with Gasteiger partial charge in [-0.25, -0.2) is 14.1 Å². The molecule has 2 aromatic rings. The molecule has 0 aromatic heterocycles. The first kappa shape index (κ1) is 18.8. The van der Waals surface area contributed by atoms with Crippen LogP contribution in [0.4, 0.5) is 20.6 Å². The van der Waals surface area contributed by atoms with Gasteiger partial charge in [-0.15, -0.1) is 0 Å². The fraction of sp³-hybridized carbons (Fsp3) is 0.190. The lowest BCUT2D eigenvalue weighted by molar-refractivity contribution is -0.122. The highest BCUT2D eigenvalue weighted by Gasteiger charge is 2.37. The van der Waals surface area contributed by atoms with Crippen molar-refractivity contribution in [3.05, 3.63) is 65.5 Å². The van der Waals surface area contributed by atoms with Crippen molar-refractivity contribution in [2.45, 2.75) is 0 Å². The molecule has 29 heavy (non-hydrogen) atoms. The number of rotatable bonds is 3. The molecule has 8 heteroatoms. The predicted molar refractivity (Wildman–Crippen MR) is 105 cm³/mol. The minimum absolute atomic E-state index is 0.172. The third kappa shape index (κ3) is 3.74. The Labute approximate surface area is 166 Å². The number of morpholine rings is 1. The van der Waals surface area contributed by atoms with Crippen LogP contribution >= 0.6 is 0 Å². The average molecular weight is 395 g/mol. The van der Waals surface area contributed by atoms with Crippen molar-refractivity contribution in [2.75, 3.05) is 36.1 Å². The van der Waals surface area contributed by atoms with E-state index in [4.69, 9.17) is 4.74 Å². The molecular formula is C21H18FN3O4. The van der Waals surface area contributed by atoms with Crippen LogP contribution in [0.25, 0.3) is 6.08 Å². The minimum Gasteiger partial charge on any atom is -0.378 e. The van der Waals surface area contributed by atoms with Crippen LogP contribution in [0.15, 0.2) is 54.1 Å². The van der Waals surface area contributed by atoms with Crippen molar-refractivity contribution in [1.82, 2.24) is 5.32 Å². The van der Waals surface area contributed by atoms with Gasteiger partial charge in [0.05, 0.1) is 18.9 Å². The van der Waals surface area contributed by atoms with Crippen LogP contribution in [0.2, 0.25) is 0 Å². The molecule has 4 rings (SSSR count). The third-order valence-corrected chi connectivity index (χ3v) is 4.77. The molecule has 2 saturated heterocycles. The van der Waals surface area contributed by atoms with Crippen LogP contribution in [0, 0.1) is 5.82 Å². The maximum absolute atomic E-state index is 13.2. The fourth-order valence-electron chi connectivity index (χ4n) is 3.34. The van der Waals surface area contributed by atoms with Gasteiger partial charge in [-0.2, -0.15) is 0 Å². The molecule has 2 aliphatic heterocycles. The van der Waals surface area contributed by atoms with E-state index in [1.165, 1.54) is 18.2 Å². The number of anilines is 2. The molecule has 4 amide bonds. The van der Waals surface area contributed by atoms with Crippen LogP contribution in [0.5, 0.6) is 0 Å². The number of hydrogen-bond donors (Lipinski definition) is 1. The third-order valence-electron chi connectivity index (χ3n) is 4.77. The number of carbonyl (C=O) groups is 3. The van der Waals surface area contributed by atoms with E-state index in [0.29, 0.717) is 31.9 Å². The quantitative estimate of drug-likeness (QED) is 0.638. The first-order valence-corrected chi connectivity index (χ1v) is 9.13. The summed E-state index contributed by atoms with van der Waals surface area (Å²) in [5.74, 6) is -2.03. The van der Waals surface area contributed by atoms with Crippen LogP contribution in [-0.2, 0) is 14.3 Å². The van der Waals surface area contributed by atoms with Crippen LogP contribution < -0.4 is 15.1 Å². The summed E-state index contributed by atoms with van der Waals surface area (Å²) in [4.78, 5) is 40.6. The number of benzene rings is 2. The highest BCUT2D eigenvalue weighted by atomic mass is 19.1. The predicted octanol–water partition coefficient (Wildman–Crippen LogP) is 2.33. The van der Waals surface area contributed by atoms with Gasteiger partial charge in [0, 0.05) is 18.8 Å². The summed E-state index contributed by atoms with van der Waals surface area (Å²) in [6.45, 7) is 2.58. The van der Waals surface area contributed by atoms with Crippen molar-refractivity contribution in [3.63, 3.8) is 0 Å². The topological polar surface area (TPSA) is 79.0 Å². The minimum atomic E-state index is -0.870. The van der Waals surface area contributed by atoms with Gasteiger partial charge in [0.15, 0.2) is 0 Å². The molecule has 2 aliphatic rings. The van der Waals surface area contributed by atoms with Crippen LogP contribution in [-0.4, -0.2) is 44.1 Å². The summed E-state index contributed by atoms with van der Waals surface area (Å²) in [7, 11) is 0. The molecule has 0 radical (unpaired) electrons. The van der Waals surface area contributed by atoms with E-state index in [1.807, 2.05) is 18.2 Å². The lowest BCUT2D eigenvalue weighted by Crippen LogP contribution is -2.54. The number of amides is 4. The van der Waals surface area contributed by atoms with E-state index in [1.54, 1.807) is 6.07 Å². The average Bonchev–Trinajstić information content (AvgIpc) is 2.73. The molecule has 2 aromatic carbocycles. The Kier molecular flexibility index (Phi) is 5.09. The lowest BCUT2D eigenvalue weighted by Gasteiger charge is -2.30. The van der Waals surface area contributed by atoms with Crippen molar-refractivity contribution >= 4 is 35.3 Å². The van der Waals surface area contributed by atoms with Gasteiger partial charge in [-0.1, -0.05) is 18.2 Å². The molecule has 0 spiro atoms. The number of para-hydroxylation sites is 1. The number of ether oxygens (including phenoxy) is 1. The molecule has 0 saturated carbocycles. The van der Waals surface area contributed by atoms with E-state index < -0.39 is 23.7 Å². The smallest absolute Gasteiger partial charge is 0.335 e. The Morgan fingerprint density at radius 3 is 2.38 bits per heavy atom. The number of hydrogen-bond acceptors (Lipinski definition) is 5. The van der Waals surface area contributed by atoms with Gasteiger partial charge in [-0.3, -0.25) is 14.9 Å². The number of nitrogens with zero attached hydrogens (tertiary/aromatic N) is 2. The summed E-state index contributed by atoms with van der Waals surface area (Å²) in [5.41, 5.74) is 1.55. The van der Waals surface area contributed by atoms with Crippen molar-refractivity contribution in [3.8, 4) is 0 Å². The molecule has 0 bridgehead atoms. The van der Waals surface area contributed by atoms with E-state index in [-0.39, 0.29) is 11.3 Å². The Morgan fingerprint density at radius 1 is 0.966 bits per heavy atom. The number of imide groups is 2. The fourth-order valence-corrected chi connectivity index (χ4v) is 3.34. The SMILES string of the molecule is O=C1NC(=O)N(c2ccc(F)cc2)C(=O)/C1=C\c1ccccc1N1CCOCC1. The van der Waals surface area contributed by atoms with Gasteiger partial charge < -0.3 is 9.64 Å². The van der Waals surface area contributed by atoms with E-state index >= 15 is 0 Å². The standard InChI is InChI=1S/C21H18FN3O4/c22-15-5-7-16(8-6-15)25-20(27)17(19(26)23-21(25)28)13-14-3-1-2-4-18(14)24-9-11-29-12-10-24/h1-8,13H,9-12H2,(H,23,26,28)/b17-13-. The molecule has 2 heterocycles. The first-order chi connectivity index (χ1) is 14.0. The summed E-state index contributed by atoms with van der Waals surface area (Å²) in [6.07, 6.45) is 1.48. The molecule has 0 atom stereocenters. The zero-order valence-electron chi connectivity index (χ0n) is 15.4. The maximum atomic E-state index is 13.2. The molecule has 0 unspecified atom stereocenters. The van der Waals surface area contributed by atoms with Gasteiger partial charge in [0.1, 0.15) is 11.4 Å². The number of barbiturate groups is 1. The summed E-state index contributed by atoms with van der Waals surface area (Å²) in [5, 5.41) is 2.17. The maximum Gasteiger partial charge on any atom is 0.335 e. The van der Waals surface area contributed by atoms with E-state index in [2.05, 4.69) is 10.2 Å². The zero-order chi connectivity index (χ0) is 20.4. The van der Waals surface area contributed by atoms with Crippen LogP contribution in [0.3, 0.4) is 0 Å². The van der Waals surface area contributed by atoms with Crippen LogP contribution in [0.1, 0.15) is 5.56 Å². The lowest BCUT2D eigenvalue weighted by atomic mass is 10.0. The zero-order valence-corrected chi connectivity index (χ0v) is 15.4. The Hall–Kier alpha value is -3.52. The Balaban J connectivity index is 1.71. The monoisotopic (exact) mass is 395 g/mol. The first-order valence-electron chi connectivity index (χ1n) is 9.13. The van der Waals surface area contributed by atoms with Gasteiger partial charge >= 0.3 is 6.03 Å². The second-order valence-corrected chi connectivity index (χ2v) is 6.59. The molecule has 148 valence electrons. The normalized spacial score (nSPS) is 18.9. The molecule has 0 aliphatic carbocycles. The number of halogens is 1. The highest BCUT2D eigenvalue weighted by molar-refractivity contribution is 6.39.